The van der Waals surface area contributed by atoms with E-state index in [0.717, 1.165) is 24.2 Å². The highest BCUT2D eigenvalue weighted by molar-refractivity contribution is 5.84. The van der Waals surface area contributed by atoms with Crippen molar-refractivity contribution in [2.75, 3.05) is 13.7 Å². The highest BCUT2D eigenvalue weighted by Gasteiger charge is 2.24. The van der Waals surface area contributed by atoms with Crippen molar-refractivity contribution in [1.29, 1.82) is 0 Å². The number of benzene rings is 1. The van der Waals surface area contributed by atoms with Gasteiger partial charge in [0.1, 0.15) is 5.75 Å². The summed E-state index contributed by atoms with van der Waals surface area (Å²) < 4.78 is 5.27. The molecule has 1 aliphatic rings. The Balaban J connectivity index is 2.00. The van der Waals surface area contributed by atoms with Crippen molar-refractivity contribution in [2.24, 2.45) is 0 Å². The van der Waals surface area contributed by atoms with E-state index in [1.807, 2.05) is 24.3 Å². The summed E-state index contributed by atoms with van der Waals surface area (Å²) in [7, 11) is 1.59. The maximum absolute atomic E-state index is 11.8. The molecule has 1 aromatic rings. The van der Waals surface area contributed by atoms with E-state index >= 15 is 0 Å². The van der Waals surface area contributed by atoms with Crippen LogP contribution in [0.25, 0.3) is 0 Å². The summed E-state index contributed by atoms with van der Waals surface area (Å²) in [5.41, 5.74) is 0.893. The molecule has 0 unspecified atom stereocenters. The predicted molar refractivity (Wildman–Crippen MR) is 75.2 cm³/mol. The Morgan fingerprint density at radius 2 is 2.05 bits per heavy atom. The quantitative estimate of drug-likeness (QED) is 0.852. The van der Waals surface area contributed by atoms with Gasteiger partial charge in [-0.2, -0.15) is 0 Å². The van der Waals surface area contributed by atoms with Gasteiger partial charge in [0, 0.05) is 25.1 Å². The second-order valence-electron chi connectivity index (χ2n) is 5.03. The zero-order chi connectivity index (χ0) is 14.5. The second-order valence-corrected chi connectivity index (χ2v) is 5.03. The number of carbonyl (C=O) groups excluding carboxylic acids is 2. The normalized spacial score (nSPS) is 13.7. The van der Waals surface area contributed by atoms with Crippen LogP contribution in [0, 0.1) is 0 Å². The molecular weight excluding hydrogens is 256 g/mol. The Labute approximate surface area is 118 Å². The van der Waals surface area contributed by atoms with Crippen LogP contribution < -0.4 is 10.1 Å². The maximum Gasteiger partial charge on any atom is 0.239 e. The molecule has 0 radical (unpaired) electrons. The van der Waals surface area contributed by atoms with Gasteiger partial charge in [-0.05, 0) is 18.9 Å². The molecule has 1 N–H and O–H groups in total. The van der Waals surface area contributed by atoms with Crippen molar-refractivity contribution >= 4 is 11.8 Å². The van der Waals surface area contributed by atoms with Crippen LogP contribution in [0.3, 0.4) is 0 Å². The van der Waals surface area contributed by atoms with Crippen LogP contribution >= 0.6 is 0 Å². The van der Waals surface area contributed by atoms with E-state index in [-0.39, 0.29) is 18.4 Å². The number of methoxy groups -OCH3 is 1. The summed E-state index contributed by atoms with van der Waals surface area (Å²) in [6, 6.07) is 7.81. The highest BCUT2D eigenvalue weighted by atomic mass is 16.5. The average Bonchev–Trinajstić information content (AvgIpc) is 3.22. The zero-order valence-corrected chi connectivity index (χ0v) is 11.9. The molecule has 20 heavy (non-hydrogen) atoms. The van der Waals surface area contributed by atoms with Crippen molar-refractivity contribution in [3.05, 3.63) is 29.8 Å². The molecule has 0 aromatic heterocycles. The summed E-state index contributed by atoms with van der Waals surface area (Å²) in [5, 5.41) is 2.89. The second kappa shape index (κ2) is 6.41. The lowest BCUT2D eigenvalue weighted by molar-refractivity contribution is -0.135. The standard InChI is InChI=1S/C15H20N2O3/c1-11(18)17(10-15(19)16-13-7-8-13)9-12-5-3-4-6-14(12)20-2/h3-6,13H,7-10H2,1-2H3,(H,16,19). The fraction of sp³-hybridized carbons (Fsp3) is 0.467. The minimum absolute atomic E-state index is 0.0872. The number of nitrogens with zero attached hydrogens (tertiary/aromatic N) is 1. The first kappa shape index (κ1) is 14.4. The number of rotatable bonds is 6. The Hall–Kier alpha value is -2.04. The van der Waals surface area contributed by atoms with Crippen molar-refractivity contribution in [2.45, 2.75) is 32.4 Å². The third-order valence-electron chi connectivity index (χ3n) is 3.28. The minimum Gasteiger partial charge on any atom is -0.496 e. The van der Waals surface area contributed by atoms with Gasteiger partial charge in [0.25, 0.3) is 0 Å². The molecule has 5 heteroatoms. The summed E-state index contributed by atoms with van der Waals surface area (Å²) in [4.78, 5) is 25.0. The van der Waals surface area contributed by atoms with Crippen molar-refractivity contribution in [3.63, 3.8) is 0 Å². The van der Waals surface area contributed by atoms with Crippen molar-refractivity contribution < 1.29 is 14.3 Å². The van der Waals surface area contributed by atoms with Gasteiger partial charge in [0.15, 0.2) is 0 Å². The fourth-order valence-electron chi connectivity index (χ4n) is 1.99. The lowest BCUT2D eigenvalue weighted by atomic mass is 10.2. The third kappa shape index (κ3) is 3.98. The van der Waals surface area contributed by atoms with Crippen molar-refractivity contribution in [3.8, 4) is 5.75 Å². The van der Waals surface area contributed by atoms with E-state index in [2.05, 4.69) is 5.32 Å². The molecule has 0 atom stereocenters. The SMILES string of the molecule is COc1ccccc1CN(CC(=O)NC1CC1)C(C)=O. The van der Waals surface area contributed by atoms with Crippen LogP contribution in [-0.2, 0) is 16.1 Å². The Morgan fingerprint density at radius 1 is 1.35 bits per heavy atom. The number of hydrogen-bond acceptors (Lipinski definition) is 3. The number of amides is 2. The molecule has 0 bridgehead atoms. The van der Waals surface area contributed by atoms with Crippen LogP contribution in [0.1, 0.15) is 25.3 Å². The van der Waals surface area contributed by atoms with Crippen LogP contribution in [0.5, 0.6) is 5.75 Å². The van der Waals surface area contributed by atoms with Gasteiger partial charge in [-0.3, -0.25) is 9.59 Å². The molecule has 0 heterocycles. The monoisotopic (exact) mass is 276 g/mol. The van der Waals surface area contributed by atoms with E-state index in [0.29, 0.717) is 12.6 Å². The number of para-hydroxylation sites is 1. The molecule has 2 rings (SSSR count). The predicted octanol–water partition coefficient (Wildman–Crippen LogP) is 1.32. The zero-order valence-electron chi connectivity index (χ0n) is 11.9. The molecule has 0 saturated heterocycles. The number of nitrogens with one attached hydrogen (secondary N) is 1. The van der Waals surface area contributed by atoms with Gasteiger partial charge in [-0.15, -0.1) is 0 Å². The van der Waals surface area contributed by atoms with E-state index in [1.165, 1.54) is 11.8 Å². The number of ether oxygens (including phenoxy) is 1. The summed E-state index contributed by atoms with van der Waals surface area (Å²) in [5.74, 6) is 0.501. The molecule has 1 saturated carbocycles. The summed E-state index contributed by atoms with van der Waals surface area (Å²) in [6.07, 6.45) is 2.08. The molecule has 5 nitrogen and oxygen atoms in total. The molecular formula is C15H20N2O3. The lowest BCUT2D eigenvalue weighted by Crippen LogP contribution is -2.40. The number of hydrogen-bond donors (Lipinski definition) is 1. The third-order valence-corrected chi connectivity index (χ3v) is 3.28. The lowest BCUT2D eigenvalue weighted by Gasteiger charge is -2.21. The maximum atomic E-state index is 11.8. The minimum atomic E-state index is -0.123. The van der Waals surface area contributed by atoms with Gasteiger partial charge in [0.2, 0.25) is 11.8 Å². The average molecular weight is 276 g/mol. The Morgan fingerprint density at radius 3 is 2.65 bits per heavy atom. The van der Waals surface area contributed by atoms with Gasteiger partial charge in [0.05, 0.1) is 13.7 Å². The van der Waals surface area contributed by atoms with E-state index in [1.54, 1.807) is 7.11 Å². The first-order valence-electron chi connectivity index (χ1n) is 6.77. The van der Waals surface area contributed by atoms with Crippen LogP contribution in [-0.4, -0.2) is 36.4 Å². The first-order chi connectivity index (χ1) is 9.60. The highest BCUT2D eigenvalue weighted by Crippen LogP contribution is 2.20. The van der Waals surface area contributed by atoms with Gasteiger partial charge in [-0.25, -0.2) is 0 Å². The topological polar surface area (TPSA) is 58.6 Å². The van der Waals surface area contributed by atoms with Gasteiger partial charge >= 0.3 is 0 Å². The largest absolute Gasteiger partial charge is 0.496 e. The molecule has 108 valence electrons. The number of carbonyl (C=O) groups is 2. The first-order valence-corrected chi connectivity index (χ1v) is 6.77. The molecule has 2 amide bonds. The van der Waals surface area contributed by atoms with Crippen LogP contribution in [0.4, 0.5) is 0 Å². The van der Waals surface area contributed by atoms with Crippen molar-refractivity contribution in [1.82, 2.24) is 10.2 Å². The van der Waals surface area contributed by atoms with Gasteiger partial charge < -0.3 is 15.0 Å². The van der Waals surface area contributed by atoms with Gasteiger partial charge in [-0.1, -0.05) is 18.2 Å². The molecule has 0 spiro atoms. The van der Waals surface area contributed by atoms with E-state index in [9.17, 15) is 9.59 Å². The smallest absolute Gasteiger partial charge is 0.239 e. The Kier molecular flexibility index (Phi) is 4.61. The molecule has 1 aliphatic carbocycles. The summed E-state index contributed by atoms with van der Waals surface area (Å²) in [6.45, 7) is 1.93. The molecule has 1 aromatic carbocycles. The summed E-state index contributed by atoms with van der Waals surface area (Å²) >= 11 is 0. The fourth-order valence-corrected chi connectivity index (χ4v) is 1.99. The van der Waals surface area contributed by atoms with E-state index in [4.69, 9.17) is 4.74 Å². The molecule has 1 fully saturated rings. The Bertz CT molecular complexity index is 498. The van der Waals surface area contributed by atoms with Crippen LogP contribution in [0.15, 0.2) is 24.3 Å². The molecule has 0 aliphatic heterocycles. The van der Waals surface area contributed by atoms with Crippen LogP contribution in [0.2, 0.25) is 0 Å². The van der Waals surface area contributed by atoms with E-state index < -0.39 is 0 Å².